The molecule has 2 unspecified atom stereocenters. The van der Waals surface area contributed by atoms with Crippen molar-refractivity contribution in [3.63, 3.8) is 0 Å². The van der Waals surface area contributed by atoms with E-state index in [0.717, 1.165) is 17.3 Å². The Balaban J connectivity index is 1.50. The molecule has 1 aliphatic heterocycles. The van der Waals surface area contributed by atoms with Crippen LogP contribution >= 0.6 is 0 Å². The third-order valence-electron chi connectivity index (χ3n) is 5.02. The second kappa shape index (κ2) is 7.21. The summed E-state index contributed by atoms with van der Waals surface area (Å²) < 4.78 is 34.5. The van der Waals surface area contributed by atoms with Crippen LogP contribution in [0.25, 0.3) is 17.0 Å². The van der Waals surface area contributed by atoms with E-state index in [9.17, 15) is 8.78 Å². The van der Waals surface area contributed by atoms with Gasteiger partial charge < -0.3 is 10.1 Å². The number of hydrogen-bond acceptors (Lipinski definition) is 5. The summed E-state index contributed by atoms with van der Waals surface area (Å²) in [4.78, 5) is 8.78. The third-order valence-corrected chi connectivity index (χ3v) is 5.02. The maximum Gasteiger partial charge on any atom is 0.254 e. The molecule has 5 rings (SSSR count). The Bertz CT molecular complexity index is 1160. The van der Waals surface area contributed by atoms with Crippen molar-refractivity contribution in [1.82, 2.24) is 19.6 Å². The van der Waals surface area contributed by atoms with Crippen LogP contribution in [0.1, 0.15) is 18.1 Å². The van der Waals surface area contributed by atoms with Crippen LogP contribution in [0.3, 0.4) is 0 Å². The third kappa shape index (κ3) is 3.31. The fourth-order valence-corrected chi connectivity index (χ4v) is 3.62. The summed E-state index contributed by atoms with van der Waals surface area (Å²) in [6.07, 6.45) is 1.75. The molecule has 0 aliphatic carbocycles. The molecule has 1 aliphatic rings. The number of nitrogens with zero attached hydrogens (tertiary/aromatic N) is 4. The molecular formula is C21H17F2N5O. The first-order valence-corrected chi connectivity index (χ1v) is 9.28. The molecule has 1 fully saturated rings. The molecule has 6 nitrogen and oxygen atoms in total. The molecule has 3 heterocycles. The quantitative estimate of drug-likeness (QED) is 0.568. The highest BCUT2D eigenvalue weighted by atomic mass is 19.2. The summed E-state index contributed by atoms with van der Waals surface area (Å²) in [5.74, 6) is -0.584. The monoisotopic (exact) mass is 393 g/mol. The fraction of sp³-hybridized carbons (Fsp3) is 0.190. The van der Waals surface area contributed by atoms with Crippen molar-refractivity contribution in [3.8, 4) is 11.3 Å². The highest BCUT2D eigenvalue weighted by Crippen LogP contribution is 2.33. The summed E-state index contributed by atoms with van der Waals surface area (Å²) in [5, 5.41) is 7.69. The zero-order chi connectivity index (χ0) is 19.8. The zero-order valence-corrected chi connectivity index (χ0v) is 15.3. The van der Waals surface area contributed by atoms with Crippen LogP contribution in [0.2, 0.25) is 0 Å². The van der Waals surface area contributed by atoms with E-state index in [1.165, 1.54) is 12.4 Å². The predicted molar refractivity (Wildman–Crippen MR) is 103 cm³/mol. The Morgan fingerprint density at radius 2 is 1.90 bits per heavy atom. The van der Waals surface area contributed by atoms with Crippen molar-refractivity contribution in [2.24, 2.45) is 0 Å². The molecule has 2 aromatic carbocycles. The molecule has 0 amide bonds. The summed E-state index contributed by atoms with van der Waals surface area (Å²) in [7, 11) is 0. The van der Waals surface area contributed by atoms with Gasteiger partial charge in [-0.25, -0.2) is 13.8 Å². The number of anilines is 1. The summed E-state index contributed by atoms with van der Waals surface area (Å²) >= 11 is 0. The molecule has 1 saturated heterocycles. The van der Waals surface area contributed by atoms with Crippen LogP contribution in [0.4, 0.5) is 14.6 Å². The van der Waals surface area contributed by atoms with Gasteiger partial charge >= 0.3 is 0 Å². The molecule has 4 aromatic rings. The minimum Gasteiger partial charge on any atom is -0.371 e. The molecule has 0 saturated carbocycles. The first-order chi connectivity index (χ1) is 14.2. The van der Waals surface area contributed by atoms with Gasteiger partial charge in [0.25, 0.3) is 5.78 Å². The number of ether oxygens (including phenoxy) is 1. The lowest BCUT2D eigenvalue weighted by molar-refractivity contribution is 0.107. The minimum atomic E-state index is -0.884. The number of rotatable bonds is 4. The summed E-state index contributed by atoms with van der Waals surface area (Å²) in [5.41, 5.74) is 2.31. The van der Waals surface area contributed by atoms with Crippen LogP contribution in [0, 0.1) is 11.6 Å². The van der Waals surface area contributed by atoms with E-state index in [1.54, 1.807) is 10.6 Å². The number of halogens is 2. The Labute approximate surface area is 165 Å². The summed E-state index contributed by atoms with van der Waals surface area (Å²) in [6.45, 7) is 0.512. The molecule has 1 N–H and O–H groups in total. The Kier molecular flexibility index (Phi) is 4.40. The van der Waals surface area contributed by atoms with Gasteiger partial charge in [0.1, 0.15) is 18.2 Å². The van der Waals surface area contributed by atoms with E-state index in [1.807, 2.05) is 36.4 Å². The average Bonchev–Trinajstić information content (AvgIpc) is 3.40. The fourth-order valence-electron chi connectivity index (χ4n) is 3.62. The Hall–Kier alpha value is -3.39. The van der Waals surface area contributed by atoms with E-state index in [-0.39, 0.29) is 6.04 Å². The van der Waals surface area contributed by atoms with Gasteiger partial charge in [0, 0.05) is 18.2 Å². The van der Waals surface area contributed by atoms with Gasteiger partial charge in [-0.2, -0.15) is 14.6 Å². The molecule has 8 heteroatoms. The normalized spacial score (nSPS) is 19.0. The molecule has 2 aromatic heterocycles. The lowest BCUT2D eigenvalue weighted by Gasteiger charge is -2.22. The predicted octanol–water partition coefficient (Wildman–Crippen LogP) is 4.01. The lowest BCUT2D eigenvalue weighted by Crippen LogP contribution is -2.25. The molecule has 0 spiro atoms. The smallest absolute Gasteiger partial charge is 0.254 e. The van der Waals surface area contributed by atoms with Crippen molar-refractivity contribution in [2.75, 3.05) is 11.9 Å². The minimum absolute atomic E-state index is 0.140. The SMILES string of the molecule is Fc1ccc(C2OCCC2Nc2cc(-c3ccccc3)nc3ncnn23)cc1F. The van der Waals surface area contributed by atoms with Gasteiger partial charge in [0.05, 0.1) is 11.7 Å². The van der Waals surface area contributed by atoms with Crippen LogP contribution in [0.15, 0.2) is 60.9 Å². The number of aromatic nitrogens is 4. The first-order valence-electron chi connectivity index (χ1n) is 9.28. The lowest BCUT2D eigenvalue weighted by atomic mass is 10.0. The molecular weight excluding hydrogens is 376 g/mol. The van der Waals surface area contributed by atoms with E-state index in [2.05, 4.69) is 20.4 Å². The van der Waals surface area contributed by atoms with Crippen molar-refractivity contribution >= 4 is 11.6 Å². The maximum atomic E-state index is 13.7. The van der Waals surface area contributed by atoms with Crippen molar-refractivity contribution < 1.29 is 13.5 Å². The van der Waals surface area contributed by atoms with Gasteiger partial charge in [0.2, 0.25) is 0 Å². The van der Waals surface area contributed by atoms with E-state index in [0.29, 0.717) is 30.2 Å². The second-order valence-corrected chi connectivity index (χ2v) is 6.87. The van der Waals surface area contributed by atoms with Gasteiger partial charge in [-0.05, 0) is 24.1 Å². The van der Waals surface area contributed by atoms with Crippen LogP contribution in [0.5, 0.6) is 0 Å². The Morgan fingerprint density at radius 1 is 1.03 bits per heavy atom. The molecule has 0 bridgehead atoms. The van der Waals surface area contributed by atoms with E-state index in [4.69, 9.17) is 4.74 Å². The number of fused-ring (bicyclic) bond motifs is 1. The van der Waals surface area contributed by atoms with Crippen molar-refractivity contribution in [1.29, 1.82) is 0 Å². The van der Waals surface area contributed by atoms with Gasteiger partial charge in [-0.15, -0.1) is 0 Å². The average molecular weight is 393 g/mol. The standard InChI is InChI=1S/C21H17F2N5O/c22-15-7-6-14(10-16(15)23)20-17(8-9-29-20)26-19-11-18(13-4-2-1-3-5-13)27-21-24-12-25-28(19)21/h1-7,10-12,17,20,26H,8-9H2. The van der Waals surface area contributed by atoms with Crippen LogP contribution in [-0.4, -0.2) is 32.2 Å². The van der Waals surface area contributed by atoms with Crippen molar-refractivity contribution in [2.45, 2.75) is 18.6 Å². The van der Waals surface area contributed by atoms with E-state index >= 15 is 0 Å². The summed E-state index contributed by atoms with van der Waals surface area (Å²) in [6, 6.07) is 15.4. The zero-order valence-electron chi connectivity index (χ0n) is 15.3. The first kappa shape index (κ1) is 17.7. The van der Waals surface area contributed by atoms with Gasteiger partial charge in [-0.1, -0.05) is 36.4 Å². The van der Waals surface area contributed by atoms with Crippen LogP contribution in [-0.2, 0) is 4.74 Å². The highest BCUT2D eigenvalue weighted by molar-refractivity contribution is 5.65. The van der Waals surface area contributed by atoms with Crippen LogP contribution < -0.4 is 5.32 Å². The van der Waals surface area contributed by atoms with Gasteiger partial charge in [-0.3, -0.25) is 0 Å². The molecule has 29 heavy (non-hydrogen) atoms. The highest BCUT2D eigenvalue weighted by Gasteiger charge is 2.31. The number of benzene rings is 2. The van der Waals surface area contributed by atoms with Gasteiger partial charge in [0.15, 0.2) is 11.6 Å². The maximum absolute atomic E-state index is 13.7. The Morgan fingerprint density at radius 3 is 2.72 bits per heavy atom. The van der Waals surface area contributed by atoms with Crippen molar-refractivity contribution in [3.05, 3.63) is 78.1 Å². The largest absolute Gasteiger partial charge is 0.371 e. The number of hydrogen-bond donors (Lipinski definition) is 1. The molecule has 146 valence electrons. The number of nitrogens with one attached hydrogen (secondary N) is 1. The molecule has 0 radical (unpaired) electrons. The topological polar surface area (TPSA) is 64.3 Å². The second-order valence-electron chi connectivity index (χ2n) is 6.87. The molecule has 2 atom stereocenters. The van der Waals surface area contributed by atoms with E-state index < -0.39 is 17.7 Å².